The molecule has 94 valence electrons. The molecule has 1 aromatic rings. The van der Waals surface area contributed by atoms with Gasteiger partial charge in [0.25, 0.3) is 0 Å². The minimum absolute atomic E-state index is 0.341. The molecule has 0 amide bonds. The molecule has 0 saturated heterocycles. The van der Waals surface area contributed by atoms with Crippen LogP contribution in [-0.4, -0.2) is 16.5 Å². The number of thiocarbonyl (C=S) groups is 1. The summed E-state index contributed by atoms with van der Waals surface area (Å²) < 4.78 is 0. The fourth-order valence-electron chi connectivity index (χ4n) is 1.59. The Morgan fingerprint density at radius 1 is 1.47 bits per heavy atom. The summed E-state index contributed by atoms with van der Waals surface area (Å²) in [6.45, 7) is 5.49. The molecule has 0 aromatic carbocycles. The minimum Gasteiger partial charge on any atom is -0.388 e. The Morgan fingerprint density at radius 3 is 2.88 bits per heavy atom. The van der Waals surface area contributed by atoms with Crippen LogP contribution in [0.4, 0.5) is 5.69 Å². The van der Waals surface area contributed by atoms with Gasteiger partial charge in [0, 0.05) is 18.4 Å². The van der Waals surface area contributed by atoms with E-state index in [2.05, 4.69) is 24.1 Å². The second-order valence-corrected chi connectivity index (χ2v) is 5.05. The summed E-state index contributed by atoms with van der Waals surface area (Å²) in [4.78, 5) is 4.44. The third-order valence-electron chi connectivity index (χ3n) is 2.55. The van der Waals surface area contributed by atoms with E-state index in [1.54, 1.807) is 6.20 Å². The van der Waals surface area contributed by atoms with Crippen LogP contribution in [0.1, 0.15) is 38.8 Å². The van der Waals surface area contributed by atoms with Crippen LogP contribution in [0.25, 0.3) is 0 Å². The van der Waals surface area contributed by atoms with Gasteiger partial charge in [-0.1, -0.05) is 38.9 Å². The van der Waals surface area contributed by atoms with Gasteiger partial charge in [-0.15, -0.1) is 0 Å². The lowest BCUT2D eigenvalue weighted by molar-refractivity contribution is 0.545. The van der Waals surface area contributed by atoms with Gasteiger partial charge in [-0.25, -0.2) is 0 Å². The molecule has 0 atom stereocenters. The molecule has 0 aliphatic heterocycles. The quantitative estimate of drug-likeness (QED) is 0.578. The predicted molar refractivity (Wildman–Crippen MR) is 77.3 cm³/mol. The van der Waals surface area contributed by atoms with E-state index in [4.69, 9.17) is 18.0 Å². The summed E-state index contributed by atoms with van der Waals surface area (Å²) in [5.41, 5.74) is 7.24. The van der Waals surface area contributed by atoms with E-state index in [-0.39, 0.29) is 0 Å². The van der Waals surface area contributed by atoms with Crippen molar-refractivity contribution in [2.75, 3.05) is 11.9 Å². The van der Waals surface area contributed by atoms with Gasteiger partial charge in [0.1, 0.15) is 4.99 Å². The van der Waals surface area contributed by atoms with Crippen molar-refractivity contribution in [2.24, 2.45) is 11.7 Å². The zero-order valence-corrected chi connectivity index (χ0v) is 11.4. The van der Waals surface area contributed by atoms with Crippen LogP contribution in [0.5, 0.6) is 0 Å². The summed E-state index contributed by atoms with van der Waals surface area (Å²) in [6, 6.07) is 3.83. The van der Waals surface area contributed by atoms with Crippen molar-refractivity contribution in [1.82, 2.24) is 4.98 Å². The maximum absolute atomic E-state index is 5.53. The summed E-state index contributed by atoms with van der Waals surface area (Å²) in [7, 11) is 0. The summed E-state index contributed by atoms with van der Waals surface area (Å²) >= 11 is 4.89. The third-order valence-corrected chi connectivity index (χ3v) is 2.76. The normalized spacial score (nSPS) is 10.5. The first-order valence-corrected chi connectivity index (χ1v) is 6.50. The van der Waals surface area contributed by atoms with Crippen molar-refractivity contribution in [3.63, 3.8) is 0 Å². The number of rotatable bonds is 7. The van der Waals surface area contributed by atoms with Gasteiger partial charge in [-0.05, 0) is 24.5 Å². The second-order valence-electron chi connectivity index (χ2n) is 4.61. The number of pyridine rings is 1. The Hall–Kier alpha value is -1.16. The molecule has 0 aliphatic rings. The molecule has 1 heterocycles. The van der Waals surface area contributed by atoms with Gasteiger partial charge in [-0.2, -0.15) is 0 Å². The SMILES string of the molecule is CC(C)CCCCNc1ccnc(C(N)=S)c1. The van der Waals surface area contributed by atoms with E-state index in [0.29, 0.717) is 10.7 Å². The van der Waals surface area contributed by atoms with Crippen molar-refractivity contribution in [3.8, 4) is 0 Å². The summed E-state index contributed by atoms with van der Waals surface area (Å²) in [6.07, 6.45) is 5.46. The van der Waals surface area contributed by atoms with Crippen LogP contribution in [0.2, 0.25) is 0 Å². The number of hydrogen-bond donors (Lipinski definition) is 2. The Kier molecular flexibility index (Phi) is 5.91. The minimum atomic E-state index is 0.341. The highest BCUT2D eigenvalue weighted by Crippen LogP contribution is 2.10. The number of hydrogen-bond acceptors (Lipinski definition) is 3. The van der Waals surface area contributed by atoms with Crippen molar-refractivity contribution in [2.45, 2.75) is 33.1 Å². The third kappa shape index (κ3) is 5.63. The molecule has 0 bridgehead atoms. The topological polar surface area (TPSA) is 50.9 Å². The molecule has 0 fully saturated rings. The number of nitrogens with two attached hydrogens (primary N) is 1. The Balaban J connectivity index is 2.31. The second kappa shape index (κ2) is 7.22. The maximum Gasteiger partial charge on any atom is 0.122 e. The highest BCUT2D eigenvalue weighted by atomic mass is 32.1. The lowest BCUT2D eigenvalue weighted by atomic mass is 10.1. The number of anilines is 1. The fourth-order valence-corrected chi connectivity index (χ4v) is 1.70. The molecule has 0 spiro atoms. The van der Waals surface area contributed by atoms with Crippen LogP contribution in [-0.2, 0) is 0 Å². The highest BCUT2D eigenvalue weighted by molar-refractivity contribution is 7.80. The maximum atomic E-state index is 5.53. The predicted octanol–water partition coefficient (Wildman–Crippen LogP) is 2.95. The molecule has 1 aromatic heterocycles. The van der Waals surface area contributed by atoms with Crippen LogP contribution in [0, 0.1) is 5.92 Å². The van der Waals surface area contributed by atoms with Crippen molar-refractivity contribution in [3.05, 3.63) is 24.0 Å². The molecular weight excluding hydrogens is 230 g/mol. The Morgan fingerprint density at radius 2 is 2.24 bits per heavy atom. The lowest BCUT2D eigenvalue weighted by Gasteiger charge is -2.08. The molecule has 3 nitrogen and oxygen atoms in total. The molecule has 17 heavy (non-hydrogen) atoms. The average Bonchev–Trinajstić information content (AvgIpc) is 2.28. The molecule has 1 rings (SSSR count). The van der Waals surface area contributed by atoms with Crippen molar-refractivity contribution < 1.29 is 0 Å². The smallest absolute Gasteiger partial charge is 0.122 e. The Labute approximate surface area is 109 Å². The lowest BCUT2D eigenvalue weighted by Crippen LogP contribution is -2.12. The summed E-state index contributed by atoms with van der Waals surface area (Å²) in [5.74, 6) is 0.789. The van der Waals surface area contributed by atoms with Gasteiger partial charge in [-0.3, -0.25) is 4.98 Å². The first-order chi connectivity index (χ1) is 8.09. The summed E-state index contributed by atoms with van der Waals surface area (Å²) in [5, 5.41) is 3.36. The van der Waals surface area contributed by atoms with Crippen molar-refractivity contribution >= 4 is 22.9 Å². The zero-order valence-electron chi connectivity index (χ0n) is 10.6. The van der Waals surface area contributed by atoms with Gasteiger partial charge in [0.2, 0.25) is 0 Å². The van der Waals surface area contributed by atoms with Crippen LogP contribution in [0.3, 0.4) is 0 Å². The van der Waals surface area contributed by atoms with Crippen LogP contribution >= 0.6 is 12.2 Å². The van der Waals surface area contributed by atoms with E-state index in [1.165, 1.54) is 19.3 Å². The fraction of sp³-hybridized carbons (Fsp3) is 0.538. The molecule has 0 radical (unpaired) electrons. The zero-order chi connectivity index (χ0) is 12.7. The average molecular weight is 251 g/mol. The van der Waals surface area contributed by atoms with E-state index >= 15 is 0 Å². The van der Waals surface area contributed by atoms with Crippen LogP contribution in [0.15, 0.2) is 18.3 Å². The first kappa shape index (κ1) is 13.9. The number of unbranched alkanes of at least 4 members (excludes halogenated alkanes) is 1. The molecule has 3 N–H and O–H groups in total. The molecule has 0 saturated carbocycles. The van der Waals surface area contributed by atoms with Gasteiger partial charge >= 0.3 is 0 Å². The van der Waals surface area contributed by atoms with E-state index < -0.39 is 0 Å². The van der Waals surface area contributed by atoms with Gasteiger partial charge in [0.15, 0.2) is 0 Å². The monoisotopic (exact) mass is 251 g/mol. The standard InChI is InChI=1S/C13H21N3S/c1-10(2)5-3-4-7-15-11-6-8-16-12(9-11)13(14)17/h6,8-10H,3-5,7H2,1-2H3,(H2,14,17)(H,15,16). The molecule has 4 heteroatoms. The van der Waals surface area contributed by atoms with Crippen LogP contribution < -0.4 is 11.1 Å². The number of nitrogens with one attached hydrogen (secondary N) is 1. The van der Waals surface area contributed by atoms with Gasteiger partial charge in [0.05, 0.1) is 5.69 Å². The van der Waals surface area contributed by atoms with Gasteiger partial charge < -0.3 is 11.1 Å². The van der Waals surface area contributed by atoms with E-state index in [0.717, 1.165) is 18.2 Å². The highest BCUT2D eigenvalue weighted by Gasteiger charge is 1.99. The molecule has 0 aliphatic carbocycles. The number of nitrogens with zero attached hydrogens (tertiary/aromatic N) is 1. The number of aromatic nitrogens is 1. The molecule has 0 unspecified atom stereocenters. The largest absolute Gasteiger partial charge is 0.388 e. The Bertz CT molecular complexity index is 363. The van der Waals surface area contributed by atoms with Crippen molar-refractivity contribution in [1.29, 1.82) is 0 Å². The van der Waals surface area contributed by atoms with E-state index in [9.17, 15) is 0 Å². The van der Waals surface area contributed by atoms with E-state index in [1.807, 2.05) is 12.1 Å². The molecular formula is C13H21N3S. The first-order valence-electron chi connectivity index (χ1n) is 6.09.